The lowest BCUT2D eigenvalue weighted by Crippen LogP contribution is -2.44. The third-order valence-electron chi connectivity index (χ3n) is 3.36. The van der Waals surface area contributed by atoms with Crippen LogP contribution in [-0.2, 0) is 10.0 Å². The molecule has 102 valence electrons. The third kappa shape index (κ3) is 4.25. The number of hydrogen-bond acceptors (Lipinski definition) is 2. The first-order chi connectivity index (χ1) is 7.75. The summed E-state index contributed by atoms with van der Waals surface area (Å²) in [5, 5.41) is -0.309. The van der Waals surface area contributed by atoms with E-state index in [1.807, 2.05) is 6.92 Å². The van der Waals surface area contributed by atoms with Gasteiger partial charge in [0, 0.05) is 12.6 Å². The van der Waals surface area contributed by atoms with Gasteiger partial charge in [0.15, 0.2) is 0 Å². The lowest BCUT2D eigenvalue weighted by Gasteiger charge is -2.31. The van der Waals surface area contributed by atoms with Crippen LogP contribution in [0.2, 0.25) is 0 Å². The molecule has 1 atom stereocenters. The summed E-state index contributed by atoms with van der Waals surface area (Å²) in [7, 11) is -3.11. The zero-order valence-corrected chi connectivity index (χ0v) is 12.6. The first-order valence-electron chi connectivity index (χ1n) is 6.75. The Morgan fingerprint density at radius 3 is 2.00 bits per heavy atom. The Morgan fingerprint density at radius 1 is 1.12 bits per heavy atom. The van der Waals surface area contributed by atoms with Crippen molar-refractivity contribution in [2.75, 3.05) is 6.54 Å². The maximum absolute atomic E-state index is 12.3. The van der Waals surface area contributed by atoms with E-state index in [0.29, 0.717) is 11.8 Å². The Balaban J connectivity index is 2.78. The number of sulfonamides is 1. The maximum atomic E-state index is 12.3. The Morgan fingerprint density at radius 2 is 1.65 bits per heavy atom. The van der Waals surface area contributed by atoms with Crippen LogP contribution in [0.4, 0.5) is 0 Å². The summed E-state index contributed by atoms with van der Waals surface area (Å²) in [5.74, 6) is 1.15. The number of nitrogens with zero attached hydrogens (tertiary/aromatic N) is 1. The smallest absolute Gasteiger partial charge is 0.212 e. The highest BCUT2D eigenvalue weighted by molar-refractivity contribution is 7.89. The number of hydrogen-bond donors (Lipinski definition) is 0. The van der Waals surface area contributed by atoms with Gasteiger partial charge in [-0.3, -0.25) is 0 Å². The van der Waals surface area contributed by atoms with Crippen molar-refractivity contribution in [1.29, 1.82) is 0 Å². The topological polar surface area (TPSA) is 37.4 Å². The van der Waals surface area contributed by atoms with E-state index in [2.05, 4.69) is 13.8 Å². The summed E-state index contributed by atoms with van der Waals surface area (Å²) in [6, 6.07) is 0.128. The molecule has 4 heteroatoms. The molecule has 17 heavy (non-hydrogen) atoms. The first-order valence-corrected chi connectivity index (χ1v) is 8.26. The summed E-state index contributed by atoms with van der Waals surface area (Å²) in [6.07, 6.45) is 3.33. The Bertz CT molecular complexity index is 331. The van der Waals surface area contributed by atoms with E-state index in [4.69, 9.17) is 0 Å². The highest BCUT2D eigenvalue weighted by atomic mass is 32.2. The minimum Gasteiger partial charge on any atom is -0.212 e. The van der Waals surface area contributed by atoms with E-state index in [1.165, 1.54) is 12.8 Å². The van der Waals surface area contributed by atoms with Gasteiger partial charge < -0.3 is 0 Å². The van der Waals surface area contributed by atoms with Crippen molar-refractivity contribution < 1.29 is 8.42 Å². The van der Waals surface area contributed by atoms with Crippen molar-refractivity contribution in [3.05, 3.63) is 0 Å². The molecule has 0 N–H and O–H groups in total. The van der Waals surface area contributed by atoms with Crippen LogP contribution in [0.1, 0.15) is 53.9 Å². The summed E-state index contributed by atoms with van der Waals surface area (Å²) in [4.78, 5) is 0. The van der Waals surface area contributed by atoms with Gasteiger partial charge in [0.05, 0.1) is 5.25 Å². The summed E-state index contributed by atoms with van der Waals surface area (Å²) >= 11 is 0. The lowest BCUT2D eigenvalue weighted by molar-refractivity contribution is 0.286. The molecule has 1 aliphatic carbocycles. The predicted molar refractivity (Wildman–Crippen MR) is 72.4 cm³/mol. The molecule has 0 amide bonds. The van der Waals surface area contributed by atoms with Gasteiger partial charge in [-0.05, 0) is 51.9 Å². The van der Waals surface area contributed by atoms with Crippen molar-refractivity contribution in [1.82, 2.24) is 4.31 Å². The monoisotopic (exact) mass is 261 g/mol. The second-order valence-corrected chi connectivity index (χ2v) is 8.53. The van der Waals surface area contributed by atoms with Crippen molar-refractivity contribution in [3.8, 4) is 0 Å². The summed E-state index contributed by atoms with van der Waals surface area (Å²) < 4.78 is 26.4. The van der Waals surface area contributed by atoms with E-state index >= 15 is 0 Å². The van der Waals surface area contributed by atoms with Gasteiger partial charge in [-0.25, -0.2) is 8.42 Å². The maximum Gasteiger partial charge on any atom is 0.216 e. The quantitative estimate of drug-likeness (QED) is 0.706. The lowest BCUT2D eigenvalue weighted by atomic mass is 10.1. The van der Waals surface area contributed by atoms with Crippen molar-refractivity contribution in [2.45, 2.75) is 65.2 Å². The number of rotatable bonds is 7. The standard InChI is InChI=1S/C13H27NO2S/c1-10(2)8-12(5)14(9-13-6-7-13)17(15,16)11(3)4/h10-13H,6-9H2,1-5H3/t12-/m0/s1. The van der Waals surface area contributed by atoms with Crippen LogP contribution in [0.3, 0.4) is 0 Å². The highest BCUT2D eigenvalue weighted by Gasteiger charge is 2.35. The van der Waals surface area contributed by atoms with Crippen LogP contribution in [0.25, 0.3) is 0 Å². The first kappa shape index (κ1) is 15.0. The van der Waals surface area contributed by atoms with Gasteiger partial charge in [0.1, 0.15) is 0 Å². The largest absolute Gasteiger partial charge is 0.216 e. The van der Waals surface area contributed by atoms with Crippen LogP contribution in [0.5, 0.6) is 0 Å². The molecule has 1 saturated carbocycles. The second-order valence-electron chi connectivity index (χ2n) is 6.09. The van der Waals surface area contributed by atoms with Crippen LogP contribution >= 0.6 is 0 Å². The van der Waals surface area contributed by atoms with Crippen molar-refractivity contribution in [3.63, 3.8) is 0 Å². The van der Waals surface area contributed by atoms with E-state index < -0.39 is 10.0 Å². The van der Waals surface area contributed by atoms with Crippen LogP contribution in [0.15, 0.2) is 0 Å². The molecule has 0 heterocycles. The van der Waals surface area contributed by atoms with Gasteiger partial charge in [0.25, 0.3) is 0 Å². The highest BCUT2D eigenvalue weighted by Crippen LogP contribution is 2.32. The average Bonchev–Trinajstić information content (AvgIpc) is 2.95. The Hall–Kier alpha value is -0.0900. The van der Waals surface area contributed by atoms with Gasteiger partial charge in [-0.2, -0.15) is 4.31 Å². The van der Waals surface area contributed by atoms with Gasteiger partial charge >= 0.3 is 0 Å². The Kier molecular flexibility index (Phi) is 5.02. The molecule has 1 rings (SSSR count). The fourth-order valence-corrected chi connectivity index (χ4v) is 3.71. The van der Waals surface area contributed by atoms with E-state index in [1.54, 1.807) is 18.2 Å². The molecule has 0 aromatic carbocycles. The molecule has 0 aromatic rings. The molecule has 0 aliphatic heterocycles. The van der Waals surface area contributed by atoms with Gasteiger partial charge in [-0.15, -0.1) is 0 Å². The molecule has 1 aliphatic rings. The average molecular weight is 261 g/mol. The Labute approximate surface area is 107 Å². The second kappa shape index (κ2) is 5.70. The summed E-state index contributed by atoms with van der Waals surface area (Å²) in [6.45, 7) is 10.6. The van der Waals surface area contributed by atoms with E-state index in [-0.39, 0.29) is 11.3 Å². The van der Waals surface area contributed by atoms with Crippen molar-refractivity contribution in [2.24, 2.45) is 11.8 Å². The van der Waals surface area contributed by atoms with Crippen LogP contribution in [-0.4, -0.2) is 30.6 Å². The van der Waals surface area contributed by atoms with Gasteiger partial charge in [0.2, 0.25) is 10.0 Å². The zero-order chi connectivity index (χ0) is 13.2. The molecule has 0 aromatic heterocycles. The molecule has 1 fully saturated rings. The van der Waals surface area contributed by atoms with Crippen LogP contribution in [0, 0.1) is 11.8 Å². The molecular formula is C13H27NO2S. The van der Waals surface area contributed by atoms with Crippen LogP contribution < -0.4 is 0 Å². The normalized spacial score (nSPS) is 19.3. The van der Waals surface area contributed by atoms with E-state index in [9.17, 15) is 8.42 Å². The third-order valence-corrected chi connectivity index (χ3v) is 5.72. The van der Waals surface area contributed by atoms with E-state index in [0.717, 1.165) is 13.0 Å². The SMILES string of the molecule is CC(C)C[C@H](C)N(CC1CC1)S(=O)(=O)C(C)C. The zero-order valence-electron chi connectivity index (χ0n) is 11.8. The molecule has 0 unspecified atom stereocenters. The molecule has 0 spiro atoms. The summed E-state index contributed by atoms with van der Waals surface area (Å²) in [5.41, 5.74) is 0. The predicted octanol–water partition coefficient (Wildman–Crippen LogP) is 2.87. The van der Waals surface area contributed by atoms with Crippen molar-refractivity contribution >= 4 is 10.0 Å². The minimum absolute atomic E-state index is 0.128. The van der Waals surface area contributed by atoms with Gasteiger partial charge in [-0.1, -0.05) is 13.8 Å². The fourth-order valence-electron chi connectivity index (χ4n) is 2.16. The molecule has 0 saturated heterocycles. The molecular weight excluding hydrogens is 234 g/mol. The molecule has 3 nitrogen and oxygen atoms in total. The minimum atomic E-state index is -3.11. The molecule has 0 radical (unpaired) electrons. The fraction of sp³-hybridized carbons (Fsp3) is 1.00. The molecule has 0 bridgehead atoms.